The lowest BCUT2D eigenvalue weighted by atomic mass is 10.1. The first-order valence-corrected chi connectivity index (χ1v) is 8.18. The van der Waals surface area contributed by atoms with Crippen molar-refractivity contribution in [1.29, 1.82) is 0 Å². The zero-order valence-electron chi connectivity index (χ0n) is 11.5. The first-order valence-electron chi connectivity index (χ1n) is 6.38. The summed E-state index contributed by atoms with van der Waals surface area (Å²) in [5, 5.41) is 22.2. The zero-order chi connectivity index (χ0) is 15.4. The molecule has 0 fully saturated rings. The van der Waals surface area contributed by atoms with Gasteiger partial charge >= 0.3 is 0 Å². The monoisotopic (exact) mass is 333 g/mol. The van der Waals surface area contributed by atoms with Crippen molar-refractivity contribution in [2.75, 3.05) is 11.1 Å². The average Bonchev–Trinajstić information content (AvgIpc) is 3.19. The van der Waals surface area contributed by atoms with E-state index in [4.69, 9.17) is 0 Å². The van der Waals surface area contributed by atoms with E-state index in [1.165, 1.54) is 22.3 Å². The Kier molecular flexibility index (Phi) is 4.39. The van der Waals surface area contributed by atoms with Crippen molar-refractivity contribution in [3.8, 4) is 5.69 Å². The first-order chi connectivity index (χ1) is 10.8. The summed E-state index contributed by atoms with van der Waals surface area (Å²) in [6.45, 7) is 2.03. The number of benzene rings is 1. The quantitative estimate of drug-likeness (QED) is 0.562. The van der Waals surface area contributed by atoms with Gasteiger partial charge in [0.2, 0.25) is 5.13 Å². The Labute approximate surface area is 134 Å². The third-order valence-electron chi connectivity index (χ3n) is 2.64. The van der Waals surface area contributed by atoms with Gasteiger partial charge in [0.05, 0.1) is 11.3 Å². The van der Waals surface area contributed by atoms with Gasteiger partial charge in [0.25, 0.3) is 5.91 Å². The molecule has 22 heavy (non-hydrogen) atoms. The summed E-state index contributed by atoms with van der Waals surface area (Å²) in [6.07, 6.45) is 1.44. The van der Waals surface area contributed by atoms with Gasteiger partial charge in [-0.05, 0) is 28.3 Å². The summed E-state index contributed by atoms with van der Waals surface area (Å²) in [6, 6.07) is 7.06. The van der Waals surface area contributed by atoms with Crippen LogP contribution in [0.3, 0.4) is 0 Å². The highest BCUT2D eigenvalue weighted by atomic mass is 32.2. The number of nitrogens with zero attached hydrogens (tertiary/aromatic N) is 6. The van der Waals surface area contributed by atoms with Crippen LogP contribution in [0.4, 0.5) is 5.13 Å². The molecule has 112 valence electrons. The smallest absolute Gasteiger partial charge is 0.259 e. The molecule has 3 rings (SSSR count). The zero-order valence-corrected chi connectivity index (χ0v) is 13.1. The second kappa shape index (κ2) is 6.62. The number of para-hydroxylation sites is 1. The molecule has 2 heterocycles. The van der Waals surface area contributed by atoms with Crippen LogP contribution < -0.4 is 5.32 Å². The van der Waals surface area contributed by atoms with Crippen LogP contribution in [-0.4, -0.2) is 42.1 Å². The largest absolute Gasteiger partial charge is 0.296 e. The lowest BCUT2D eigenvalue weighted by Gasteiger charge is -2.07. The van der Waals surface area contributed by atoms with Crippen molar-refractivity contribution in [3.63, 3.8) is 0 Å². The van der Waals surface area contributed by atoms with E-state index in [9.17, 15) is 4.79 Å². The number of carbonyl (C=O) groups excluding carboxylic acids is 1. The summed E-state index contributed by atoms with van der Waals surface area (Å²) in [7, 11) is 0. The predicted molar refractivity (Wildman–Crippen MR) is 83.4 cm³/mol. The number of anilines is 1. The van der Waals surface area contributed by atoms with E-state index in [-0.39, 0.29) is 5.91 Å². The number of hydrogen-bond donors (Lipinski definition) is 1. The van der Waals surface area contributed by atoms with E-state index in [0.29, 0.717) is 16.4 Å². The molecule has 0 saturated carbocycles. The molecule has 2 aromatic heterocycles. The van der Waals surface area contributed by atoms with Crippen molar-refractivity contribution in [2.45, 2.75) is 11.3 Å². The highest BCUT2D eigenvalue weighted by Crippen LogP contribution is 2.25. The molecule has 0 aliphatic heterocycles. The minimum absolute atomic E-state index is 0.282. The summed E-state index contributed by atoms with van der Waals surface area (Å²) >= 11 is 2.93. The van der Waals surface area contributed by atoms with Gasteiger partial charge in [0, 0.05) is 0 Å². The van der Waals surface area contributed by atoms with Crippen LogP contribution in [0.25, 0.3) is 5.69 Å². The Balaban J connectivity index is 1.83. The number of thioether (sulfide) groups is 1. The molecule has 10 heteroatoms. The van der Waals surface area contributed by atoms with Crippen molar-refractivity contribution < 1.29 is 4.79 Å². The van der Waals surface area contributed by atoms with Crippen LogP contribution in [0, 0.1) is 0 Å². The van der Waals surface area contributed by atoms with Gasteiger partial charge in [-0.15, -0.1) is 15.3 Å². The Bertz CT molecular complexity index is 771. The minimum Gasteiger partial charge on any atom is -0.296 e. The fourth-order valence-corrected chi connectivity index (χ4v) is 3.39. The third-order valence-corrected chi connectivity index (χ3v) is 4.49. The fraction of sp³-hybridized carbons (Fsp3) is 0.167. The van der Waals surface area contributed by atoms with Gasteiger partial charge in [0.1, 0.15) is 6.33 Å². The van der Waals surface area contributed by atoms with Gasteiger partial charge in [-0.1, -0.05) is 42.2 Å². The van der Waals surface area contributed by atoms with Crippen molar-refractivity contribution in [2.24, 2.45) is 0 Å². The lowest BCUT2D eigenvalue weighted by molar-refractivity contribution is 0.102. The molecule has 3 aromatic rings. The van der Waals surface area contributed by atoms with Gasteiger partial charge in [0.15, 0.2) is 4.34 Å². The lowest BCUT2D eigenvalue weighted by Crippen LogP contribution is -2.15. The molecular weight excluding hydrogens is 322 g/mol. The summed E-state index contributed by atoms with van der Waals surface area (Å²) in [5.41, 5.74) is 1.05. The van der Waals surface area contributed by atoms with Crippen LogP contribution in [0.1, 0.15) is 17.3 Å². The Morgan fingerprint density at radius 1 is 1.36 bits per heavy atom. The van der Waals surface area contributed by atoms with Crippen LogP contribution in [0.15, 0.2) is 34.9 Å². The van der Waals surface area contributed by atoms with Gasteiger partial charge < -0.3 is 0 Å². The molecule has 0 spiro atoms. The van der Waals surface area contributed by atoms with E-state index < -0.39 is 0 Å². The van der Waals surface area contributed by atoms with E-state index in [2.05, 4.69) is 31.0 Å². The molecule has 0 aliphatic carbocycles. The standard InChI is InChI=1S/C12H11N7OS2/c1-2-21-12-16-15-11(22-12)14-10(20)8-5-3-4-6-9(8)19-7-13-17-18-19/h3-7H,2H2,1H3,(H,14,15,20). The maximum Gasteiger partial charge on any atom is 0.259 e. The number of carbonyl (C=O) groups is 1. The molecule has 0 bridgehead atoms. The molecule has 1 N–H and O–H groups in total. The molecule has 0 radical (unpaired) electrons. The molecule has 1 aromatic carbocycles. The maximum atomic E-state index is 12.4. The molecule has 1 amide bonds. The molecule has 0 aliphatic rings. The third kappa shape index (κ3) is 3.12. The van der Waals surface area contributed by atoms with E-state index in [1.807, 2.05) is 13.0 Å². The Morgan fingerprint density at radius 3 is 3.00 bits per heavy atom. The van der Waals surface area contributed by atoms with Crippen molar-refractivity contribution in [1.82, 2.24) is 30.4 Å². The number of nitrogens with one attached hydrogen (secondary N) is 1. The molecule has 0 unspecified atom stereocenters. The summed E-state index contributed by atoms with van der Waals surface area (Å²) in [4.78, 5) is 12.4. The van der Waals surface area contributed by atoms with E-state index >= 15 is 0 Å². The van der Waals surface area contributed by atoms with Crippen LogP contribution >= 0.6 is 23.1 Å². The topological polar surface area (TPSA) is 98.5 Å². The van der Waals surface area contributed by atoms with Crippen LogP contribution in [0.2, 0.25) is 0 Å². The average molecular weight is 333 g/mol. The normalized spacial score (nSPS) is 10.6. The van der Waals surface area contributed by atoms with Crippen molar-refractivity contribution >= 4 is 34.1 Å². The maximum absolute atomic E-state index is 12.4. The second-order valence-electron chi connectivity index (χ2n) is 4.03. The number of hydrogen-bond acceptors (Lipinski definition) is 8. The summed E-state index contributed by atoms with van der Waals surface area (Å²) < 4.78 is 2.26. The fourth-order valence-electron chi connectivity index (χ4n) is 1.74. The summed E-state index contributed by atoms with van der Waals surface area (Å²) in [5.74, 6) is 0.625. The van der Waals surface area contributed by atoms with Crippen molar-refractivity contribution in [3.05, 3.63) is 36.2 Å². The molecule has 0 saturated heterocycles. The van der Waals surface area contributed by atoms with E-state index in [1.54, 1.807) is 30.0 Å². The predicted octanol–water partition coefficient (Wildman–Crippen LogP) is 1.88. The minimum atomic E-state index is -0.282. The van der Waals surface area contributed by atoms with Crippen LogP contribution in [-0.2, 0) is 0 Å². The molecule has 0 atom stereocenters. The SMILES string of the molecule is CCSc1nnc(NC(=O)c2ccccc2-n2cnnn2)s1. The molecular formula is C12H11N7OS2. The van der Waals surface area contributed by atoms with E-state index in [0.717, 1.165) is 10.1 Å². The van der Waals surface area contributed by atoms with Crippen LogP contribution in [0.5, 0.6) is 0 Å². The number of aromatic nitrogens is 6. The number of rotatable bonds is 5. The Hall–Kier alpha value is -2.33. The number of amides is 1. The highest BCUT2D eigenvalue weighted by molar-refractivity contribution is 8.01. The van der Waals surface area contributed by atoms with Gasteiger partial charge in [-0.25, -0.2) is 0 Å². The number of tetrazole rings is 1. The first kappa shape index (κ1) is 14.6. The highest BCUT2D eigenvalue weighted by Gasteiger charge is 2.15. The van der Waals surface area contributed by atoms with Gasteiger partial charge in [-0.3, -0.25) is 10.1 Å². The molecule has 8 nitrogen and oxygen atoms in total. The van der Waals surface area contributed by atoms with Gasteiger partial charge in [-0.2, -0.15) is 4.68 Å². The second-order valence-corrected chi connectivity index (χ2v) is 6.52. The Morgan fingerprint density at radius 2 is 2.23 bits per heavy atom.